The van der Waals surface area contributed by atoms with E-state index in [-0.39, 0.29) is 11.9 Å². The summed E-state index contributed by atoms with van der Waals surface area (Å²) < 4.78 is 3.65. The molecule has 2 aromatic heterocycles. The van der Waals surface area contributed by atoms with Crippen molar-refractivity contribution in [2.45, 2.75) is 59.7 Å². The molecule has 0 unspecified atom stereocenters. The van der Waals surface area contributed by atoms with E-state index in [1.807, 2.05) is 23.2 Å². The zero-order chi connectivity index (χ0) is 16.1. The lowest BCUT2D eigenvalue weighted by Gasteiger charge is -2.14. The van der Waals surface area contributed by atoms with Crippen LogP contribution >= 0.6 is 0 Å². The molecule has 2 rings (SSSR count). The van der Waals surface area contributed by atoms with Gasteiger partial charge >= 0.3 is 0 Å². The van der Waals surface area contributed by atoms with Gasteiger partial charge in [-0.15, -0.1) is 0 Å². The third-order valence-electron chi connectivity index (χ3n) is 3.46. The Kier molecular flexibility index (Phi) is 5.30. The predicted octanol–water partition coefficient (Wildman–Crippen LogP) is 2.09. The van der Waals surface area contributed by atoms with Crippen LogP contribution in [0.3, 0.4) is 0 Å². The molecule has 1 amide bonds. The van der Waals surface area contributed by atoms with Crippen LogP contribution < -0.4 is 5.32 Å². The molecule has 7 heteroatoms. The molecule has 1 N–H and O–H groups in total. The average Bonchev–Trinajstić information content (AvgIpc) is 3.06. The van der Waals surface area contributed by atoms with Crippen molar-refractivity contribution < 1.29 is 4.79 Å². The molecule has 0 spiro atoms. The van der Waals surface area contributed by atoms with Gasteiger partial charge in [0.1, 0.15) is 12.2 Å². The lowest BCUT2D eigenvalue weighted by molar-refractivity contribution is 0.0936. The maximum absolute atomic E-state index is 12.4. The van der Waals surface area contributed by atoms with E-state index in [1.165, 1.54) is 6.33 Å². The first-order chi connectivity index (χ1) is 10.6. The number of carbonyl (C=O) groups excluding carboxylic acids is 1. The first-order valence-electron chi connectivity index (χ1n) is 7.79. The van der Waals surface area contributed by atoms with Gasteiger partial charge in [-0.1, -0.05) is 13.8 Å². The summed E-state index contributed by atoms with van der Waals surface area (Å²) in [7, 11) is 0. The van der Waals surface area contributed by atoms with Gasteiger partial charge in [0.15, 0.2) is 0 Å². The van der Waals surface area contributed by atoms with Crippen molar-refractivity contribution in [2.75, 3.05) is 0 Å². The molecule has 2 heterocycles. The van der Waals surface area contributed by atoms with E-state index in [0.717, 1.165) is 37.4 Å². The van der Waals surface area contributed by atoms with Crippen molar-refractivity contribution in [3.63, 3.8) is 0 Å². The van der Waals surface area contributed by atoms with E-state index in [9.17, 15) is 4.79 Å². The van der Waals surface area contributed by atoms with Gasteiger partial charge in [0.25, 0.3) is 5.91 Å². The highest BCUT2D eigenvalue weighted by Gasteiger charge is 2.19. The summed E-state index contributed by atoms with van der Waals surface area (Å²) in [5.41, 5.74) is 1.36. The van der Waals surface area contributed by atoms with Crippen LogP contribution in [0.25, 0.3) is 0 Å². The van der Waals surface area contributed by atoms with Gasteiger partial charge in [-0.3, -0.25) is 9.48 Å². The summed E-state index contributed by atoms with van der Waals surface area (Å²) in [6.07, 6.45) is 5.29. The number of nitrogens with zero attached hydrogens (tertiary/aromatic N) is 5. The summed E-state index contributed by atoms with van der Waals surface area (Å²) >= 11 is 0. The third-order valence-corrected chi connectivity index (χ3v) is 3.46. The van der Waals surface area contributed by atoms with Crippen molar-refractivity contribution in [2.24, 2.45) is 0 Å². The molecule has 0 aliphatic rings. The Balaban J connectivity index is 2.09. The molecule has 0 bridgehead atoms. The van der Waals surface area contributed by atoms with Crippen molar-refractivity contribution >= 4 is 5.91 Å². The van der Waals surface area contributed by atoms with Crippen LogP contribution in [0.15, 0.2) is 12.5 Å². The minimum atomic E-state index is -0.199. The van der Waals surface area contributed by atoms with Crippen LogP contribution in [0.4, 0.5) is 0 Å². The average molecular weight is 304 g/mol. The van der Waals surface area contributed by atoms with Crippen molar-refractivity contribution in [1.82, 2.24) is 29.9 Å². The highest BCUT2D eigenvalue weighted by atomic mass is 16.1. The van der Waals surface area contributed by atoms with E-state index in [1.54, 1.807) is 6.20 Å². The number of aryl methyl sites for hydroxylation is 3. The molecule has 120 valence electrons. The zero-order valence-corrected chi connectivity index (χ0v) is 13.7. The van der Waals surface area contributed by atoms with Crippen molar-refractivity contribution in [3.8, 4) is 0 Å². The predicted molar refractivity (Wildman–Crippen MR) is 83.4 cm³/mol. The fourth-order valence-corrected chi connectivity index (χ4v) is 2.42. The monoisotopic (exact) mass is 304 g/mol. The van der Waals surface area contributed by atoms with Gasteiger partial charge in [0, 0.05) is 19.3 Å². The van der Waals surface area contributed by atoms with E-state index in [2.05, 4.69) is 34.3 Å². The fraction of sp³-hybridized carbons (Fsp3) is 0.600. The normalized spacial score (nSPS) is 12.4. The Labute approximate surface area is 130 Å². The van der Waals surface area contributed by atoms with Gasteiger partial charge in [0.05, 0.1) is 17.3 Å². The molecule has 22 heavy (non-hydrogen) atoms. The minimum absolute atomic E-state index is 0.126. The molecular weight excluding hydrogens is 280 g/mol. The number of amides is 1. The standard InChI is InChI=1S/C15H24N6O/c1-5-7-20-9-13(11(3)19-20)15(22)18-12(4)14-16-10-17-21(14)8-6-2/h9-10,12H,5-8H2,1-4H3,(H,18,22)/t12-/m0/s1. The second kappa shape index (κ2) is 7.20. The van der Waals surface area contributed by atoms with Crippen molar-refractivity contribution in [1.29, 1.82) is 0 Å². The van der Waals surface area contributed by atoms with Crippen molar-refractivity contribution in [3.05, 3.63) is 29.6 Å². The first-order valence-corrected chi connectivity index (χ1v) is 7.79. The highest BCUT2D eigenvalue weighted by Crippen LogP contribution is 2.12. The quantitative estimate of drug-likeness (QED) is 0.849. The summed E-state index contributed by atoms with van der Waals surface area (Å²) in [5, 5.41) is 11.5. The lowest BCUT2D eigenvalue weighted by Crippen LogP contribution is -2.29. The number of nitrogens with one attached hydrogen (secondary N) is 1. The molecule has 0 radical (unpaired) electrons. The zero-order valence-electron chi connectivity index (χ0n) is 13.7. The summed E-state index contributed by atoms with van der Waals surface area (Å²) in [6, 6.07) is -0.199. The second-order valence-corrected chi connectivity index (χ2v) is 5.43. The van der Waals surface area contributed by atoms with Gasteiger partial charge in [0.2, 0.25) is 0 Å². The number of hydrogen-bond acceptors (Lipinski definition) is 4. The fourth-order valence-electron chi connectivity index (χ4n) is 2.42. The molecule has 0 aromatic carbocycles. The molecule has 0 aliphatic carbocycles. The molecule has 0 saturated carbocycles. The van der Waals surface area contributed by atoms with Crippen LogP contribution in [0.2, 0.25) is 0 Å². The van der Waals surface area contributed by atoms with Crippen LogP contribution in [0, 0.1) is 6.92 Å². The minimum Gasteiger partial charge on any atom is -0.342 e. The number of rotatable bonds is 7. The first kappa shape index (κ1) is 16.2. The Morgan fingerprint density at radius 3 is 2.73 bits per heavy atom. The number of hydrogen-bond donors (Lipinski definition) is 1. The van der Waals surface area contributed by atoms with Gasteiger partial charge in [-0.2, -0.15) is 10.2 Å². The largest absolute Gasteiger partial charge is 0.342 e. The Morgan fingerprint density at radius 2 is 2.05 bits per heavy atom. The maximum Gasteiger partial charge on any atom is 0.255 e. The van der Waals surface area contributed by atoms with Crippen LogP contribution in [-0.2, 0) is 13.1 Å². The number of aromatic nitrogens is 5. The summed E-state index contributed by atoms with van der Waals surface area (Å²) in [5.74, 6) is 0.646. The SMILES string of the molecule is CCCn1cc(C(=O)N[C@@H](C)c2ncnn2CCC)c(C)n1. The van der Waals surface area contributed by atoms with Crippen LogP contribution in [0.1, 0.15) is 61.5 Å². The Morgan fingerprint density at radius 1 is 1.32 bits per heavy atom. The molecule has 2 aromatic rings. The van der Waals surface area contributed by atoms with E-state index < -0.39 is 0 Å². The molecule has 7 nitrogen and oxygen atoms in total. The lowest BCUT2D eigenvalue weighted by atomic mass is 10.2. The van der Waals surface area contributed by atoms with Gasteiger partial charge in [-0.05, 0) is 26.7 Å². The summed E-state index contributed by atoms with van der Waals surface area (Å²) in [6.45, 7) is 9.54. The summed E-state index contributed by atoms with van der Waals surface area (Å²) in [4.78, 5) is 16.7. The van der Waals surface area contributed by atoms with Gasteiger partial charge < -0.3 is 5.32 Å². The molecule has 1 atom stereocenters. The van der Waals surface area contributed by atoms with Crippen LogP contribution in [-0.4, -0.2) is 30.5 Å². The number of carbonyl (C=O) groups is 1. The molecular formula is C15H24N6O. The Bertz CT molecular complexity index is 630. The maximum atomic E-state index is 12.4. The van der Waals surface area contributed by atoms with E-state index in [0.29, 0.717) is 5.56 Å². The molecule has 0 saturated heterocycles. The highest BCUT2D eigenvalue weighted by molar-refractivity contribution is 5.95. The smallest absolute Gasteiger partial charge is 0.255 e. The van der Waals surface area contributed by atoms with E-state index >= 15 is 0 Å². The topological polar surface area (TPSA) is 77.6 Å². The van der Waals surface area contributed by atoms with Crippen LogP contribution in [0.5, 0.6) is 0 Å². The van der Waals surface area contributed by atoms with Gasteiger partial charge in [-0.25, -0.2) is 9.67 Å². The third kappa shape index (κ3) is 3.52. The molecule has 0 aliphatic heterocycles. The Hall–Kier alpha value is -2.18. The second-order valence-electron chi connectivity index (χ2n) is 5.43. The van der Waals surface area contributed by atoms with E-state index in [4.69, 9.17) is 0 Å². The molecule has 0 fully saturated rings.